The van der Waals surface area contributed by atoms with Crippen LogP contribution < -0.4 is 15.4 Å². The first-order valence-corrected chi connectivity index (χ1v) is 6.74. The molecule has 0 aromatic heterocycles. The second kappa shape index (κ2) is 8.21. The molecule has 2 N–H and O–H groups in total. The van der Waals surface area contributed by atoms with Crippen LogP contribution in [0.25, 0.3) is 0 Å². The topological polar surface area (TPSA) is 93.5 Å². The number of carbonyl (C=O) groups excluding carboxylic acids is 1. The minimum Gasteiger partial charge on any atom is -0.496 e. The van der Waals surface area contributed by atoms with Crippen molar-refractivity contribution < 1.29 is 14.5 Å². The van der Waals surface area contributed by atoms with Crippen molar-refractivity contribution in [1.29, 1.82) is 0 Å². The van der Waals surface area contributed by atoms with Gasteiger partial charge in [0.05, 0.1) is 18.1 Å². The molecule has 0 atom stereocenters. The first-order valence-electron chi connectivity index (χ1n) is 6.74. The summed E-state index contributed by atoms with van der Waals surface area (Å²) in [6.45, 7) is 4.75. The normalized spacial score (nSPS) is 10.5. The Morgan fingerprint density at radius 1 is 1.38 bits per heavy atom. The molecule has 0 saturated heterocycles. The number of rotatable bonds is 8. The fourth-order valence-corrected chi connectivity index (χ4v) is 1.80. The number of amides is 1. The maximum atomic E-state index is 11.4. The zero-order chi connectivity index (χ0) is 15.8. The maximum absolute atomic E-state index is 11.4. The van der Waals surface area contributed by atoms with Crippen molar-refractivity contribution >= 4 is 11.6 Å². The third-order valence-corrected chi connectivity index (χ3v) is 2.71. The van der Waals surface area contributed by atoms with Gasteiger partial charge in [0, 0.05) is 31.6 Å². The third kappa shape index (κ3) is 6.22. The van der Waals surface area contributed by atoms with E-state index in [1.165, 1.54) is 19.2 Å². The fraction of sp³-hybridized carbons (Fsp3) is 0.500. The second-order valence-corrected chi connectivity index (χ2v) is 4.95. The summed E-state index contributed by atoms with van der Waals surface area (Å²) in [7, 11) is 1.46. The largest absolute Gasteiger partial charge is 0.496 e. The number of methoxy groups -OCH3 is 1. The standard InChI is InChI=1S/C14H21N3O4/c1-10(2)16-14(18)4-5-15-9-11-6-12(17(19)20)8-13(7-11)21-3/h6-8,10,15H,4-5,9H2,1-3H3,(H,16,18). The first kappa shape index (κ1) is 16.9. The first-order chi connectivity index (χ1) is 9.92. The van der Waals surface area contributed by atoms with E-state index in [9.17, 15) is 14.9 Å². The summed E-state index contributed by atoms with van der Waals surface area (Å²) in [5.74, 6) is 0.424. The molecule has 1 rings (SSSR count). The maximum Gasteiger partial charge on any atom is 0.273 e. The molecule has 0 heterocycles. The molecular formula is C14H21N3O4. The number of carbonyl (C=O) groups is 1. The second-order valence-electron chi connectivity index (χ2n) is 4.95. The Bertz CT molecular complexity index is 503. The minimum absolute atomic E-state index is 0.0105. The Morgan fingerprint density at radius 3 is 2.67 bits per heavy atom. The molecule has 1 aromatic carbocycles. The minimum atomic E-state index is -0.456. The van der Waals surface area contributed by atoms with E-state index in [1.54, 1.807) is 6.07 Å². The molecule has 0 aliphatic carbocycles. The summed E-state index contributed by atoms with van der Waals surface area (Å²) in [6, 6.07) is 4.72. The van der Waals surface area contributed by atoms with E-state index in [-0.39, 0.29) is 17.6 Å². The van der Waals surface area contributed by atoms with Crippen molar-refractivity contribution in [3.8, 4) is 5.75 Å². The number of nitro benzene ring substituents is 1. The molecule has 0 radical (unpaired) electrons. The lowest BCUT2D eigenvalue weighted by Crippen LogP contribution is -2.32. The van der Waals surface area contributed by atoms with Gasteiger partial charge < -0.3 is 15.4 Å². The number of hydrogen-bond donors (Lipinski definition) is 2. The van der Waals surface area contributed by atoms with Crippen LogP contribution in [0.3, 0.4) is 0 Å². The summed E-state index contributed by atoms with van der Waals surface area (Å²) in [4.78, 5) is 21.8. The monoisotopic (exact) mass is 295 g/mol. The van der Waals surface area contributed by atoms with E-state index in [2.05, 4.69) is 10.6 Å². The molecule has 7 nitrogen and oxygen atoms in total. The van der Waals surface area contributed by atoms with Crippen LogP contribution in [0.1, 0.15) is 25.8 Å². The van der Waals surface area contributed by atoms with Gasteiger partial charge in [0.2, 0.25) is 5.91 Å². The highest BCUT2D eigenvalue weighted by Gasteiger charge is 2.10. The van der Waals surface area contributed by atoms with Gasteiger partial charge in [0.1, 0.15) is 5.75 Å². The highest BCUT2D eigenvalue weighted by Crippen LogP contribution is 2.22. The van der Waals surface area contributed by atoms with Crippen LogP contribution in [-0.4, -0.2) is 30.5 Å². The number of ether oxygens (including phenoxy) is 1. The van der Waals surface area contributed by atoms with Crippen LogP contribution in [0.4, 0.5) is 5.69 Å². The molecule has 0 aliphatic rings. The summed E-state index contributed by atoms with van der Waals surface area (Å²) in [5, 5.41) is 16.7. The van der Waals surface area contributed by atoms with E-state index in [0.29, 0.717) is 25.3 Å². The van der Waals surface area contributed by atoms with Crippen molar-refractivity contribution in [1.82, 2.24) is 10.6 Å². The van der Waals surface area contributed by atoms with Gasteiger partial charge in [0.25, 0.3) is 5.69 Å². The molecule has 0 bridgehead atoms. The molecule has 116 valence electrons. The molecule has 0 unspecified atom stereocenters. The summed E-state index contributed by atoms with van der Waals surface area (Å²) >= 11 is 0. The SMILES string of the molecule is COc1cc(CNCCC(=O)NC(C)C)cc([N+](=O)[O-])c1. The Morgan fingerprint density at radius 2 is 2.10 bits per heavy atom. The number of non-ortho nitro benzene ring substituents is 1. The Balaban J connectivity index is 2.50. The number of nitro groups is 1. The van der Waals surface area contributed by atoms with Gasteiger partial charge in [-0.25, -0.2) is 0 Å². The predicted molar refractivity (Wildman–Crippen MR) is 79.3 cm³/mol. The van der Waals surface area contributed by atoms with Crippen LogP contribution in [0.15, 0.2) is 18.2 Å². The zero-order valence-corrected chi connectivity index (χ0v) is 12.5. The van der Waals surface area contributed by atoms with Gasteiger partial charge >= 0.3 is 0 Å². The molecule has 0 fully saturated rings. The van der Waals surface area contributed by atoms with E-state index < -0.39 is 4.92 Å². The smallest absolute Gasteiger partial charge is 0.273 e. The van der Waals surface area contributed by atoms with Gasteiger partial charge in [-0.05, 0) is 25.5 Å². The van der Waals surface area contributed by atoms with E-state index in [1.807, 2.05) is 13.8 Å². The number of nitrogens with one attached hydrogen (secondary N) is 2. The van der Waals surface area contributed by atoms with Crippen LogP contribution in [0, 0.1) is 10.1 Å². The molecule has 0 spiro atoms. The Kier molecular flexibility index (Phi) is 6.61. The van der Waals surface area contributed by atoms with Crippen molar-refractivity contribution in [3.05, 3.63) is 33.9 Å². The van der Waals surface area contributed by atoms with Gasteiger partial charge in [-0.1, -0.05) is 0 Å². The van der Waals surface area contributed by atoms with Gasteiger partial charge in [0.15, 0.2) is 0 Å². The average Bonchev–Trinajstić information content (AvgIpc) is 2.42. The Hall–Kier alpha value is -2.15. The molecule has 0 saturated carbocycles. The molecular weight excluding hydrogens is 274 g/mol. The van der Waals surface area contributed by atoms with Crippen molar-refractivity contribution in [2.75, 3.05) is 13.7 Å². The van der Waals surface area contributed by atoms with Gasteiger partial charge in [-0.2, -0.15) is 0 Å². The molecule has 1 aromatic rings. The molecule has 21 heavy (non-hydrogen) atoms. The van der Waals surface area contributed by atoms with Crippen LogP contribution in [0.5, 0.6) is 5.75 Å². The highest BCUT2D eigenvalue weighted by molar-refractivity contribution is 5.76. The lowest BCUT2D eigenvalue weighted by atomic mass is 10.2. The molecule has 1 amide bonds. The fourth-order valence-electron chi connectivity index (χ4n) is 1.80. The summed E-state index contributed by atoms with van der Waals surface area (Å²) in [6.07, 6.45) is 0.365. The number of benzene rings is 1. The zero-order valence-electron chi connectivity index (χ0n) is 12.5. The number of nitrogens with zero attached hydrogens (tertiary/aromatic N) is 1. The molecule has 7 heteroatoms. The lowest BCUT2D eigenvalue weighted by molar-refractivity contribution is -0.385. The van der Waals surface area contributed by atoms with E-state index >= 15 is 0 Å². The van der Waals surface area contributed by atoms with Crippen molar-refractivity contribution in [2.45, 2.75) is 32.9 Å². The van der Waals surface area contributed by atoms with Crippen LogP contribution >= 0.6 is 0 Å². The van der Waals surface area contributed by atoms with Gasteiger partial charge in [-0.15, -0.1) is 0 Å². The van der Waals surface area contributed by atoms with Crippen molar-refractivity contribution in [3.63, 3.8) is 0 Å². The van der Waals surface area contributed by atoms with Gasteiger partial charge in [-0.3, -0.25) is 14.9 Å². The van der Waals surface area contributed by atoms with Crippen molar-refractivity contribution in [2.24, 2.45) is 0 Å². The average molecular weight is 295 g/mol. The Labute approximate surface area is 123 Å². The summed E-state index contributed by atoms with van der Waals surface area (Å²) < 4.78 is 5.04. The van der Waals surface area contributed by atoms with E-state index in [0.717, 1.165) is 5.56 Å². The molecule has 0 aliphatic heterocycles. The predicted octanol–water partition coefficient (Wildman–Crippen LogP) is 1.61. The van der Waals surface area contributed by atoms with Crippen LogP contribution in [0.2, 0.25) is 0 Å². The van der Waals surface area contributed by atoms with Crippen LogP contribution in [-0.2, 0) is 11.3 Å². The summed E-state index contributed by atoms with van der Waals surface area (Å²) in [5.41, 5.74) is 0.731. The lowest BCUT2D eigenvalue weighted by Gasteiger charge is -2.09. The quantitative estimate of drug-likeness (QED) is 0.432. The number of hydrogen-bond acceptors (Lipinski definition) is 5. The third-order valence-electron chi connectivity index (χ3n) is 2.71. The highest BCUT2D eigenvalue weighted by atomic mass is 16.6. The van der Waals surface area contributed by atoms with E-state index in [4.69, 9.17) is 4.74 Å².